The number of carbonyl (C=O) groups excluding carboxylic acids is 1. The Bertz CT molecular complexity index is 434. The first-order valence-electron chi connectivity index (χ1n) is 7.31. The van der Waals surface area contributed by atoms with Crippen molar-refractivity contribution in [1.29, 1.82) is 0 Å². The molecule has 3 nitrogen and oxygen atoms in total. The van der Waals surface area contributed by atoms with Crippen molar-refractivity contribution < 1.29 is 4.79 Å². The number of hydrogen-bond acceptors (Lipinski definition) is 3. The first kappa shape index (κ1) is 16.9. The molecule has 3 N–H and O–H groups in total. The van der Waals surface area contributed by atoms with E-state index in [0.29, 0.717) is 5.75 Å². The number of anilines is 1. The van der Waals surface area contributed by atoms with Crippen molar-refractivity contribution >= 4 is 23.4 Å². The van der Waals surface area contributed by atoms with Crippen LogP contribution in [0.1, 0.15) is 45.1 Å². The van der Waals surface area contributed by atoms with Gasteiger partial charge in [-0.15, -0.1) is 11.8 Å². The Morgan fingerprint density at radius 2 is 2.15 bits per heavy atom. The molecule has 1 atom stereocenters. The minimum atomic E-state index is 0.0824. The second-order valence-electron chi connectivity index (χ2n) is 5.29. The predicted octanol–water partition coefficient (Wildman–Crippen LogP) is 3.75. The summed E-state index contributed by atoms with van der Waals surface area (Å²) in [5, 5.41) is 3.04. The fraction of sp³-hybridized carbons (Fsp3) is 0.562. The molecule has 0 heterocycles. The highest BCUT2D eigenvalue weighted by atomic mass is 32.2. The molecule has 1 rings (SSSR count). The largest absolute Gasteiger partial charge is 0.398 e. The Kier molecular flexibility index (Phi) is 7.52. The number of nitrogens with one attached hydrogen (secondary N) is 1. The van der Waals surface area contributed by atoms with Crippen LogP contribution in [-0.4, -0.2) is 17.7 Å². The Morgan fingerprint density at radius 1 is 1.40 bits per heavy atom. The van der Waals surface area contributed by atoms with E-state index in [0.717, 1.165) is 22.6 Å². The molecule has 4 heteroatoms. The molecular formula is C16H26N2OS. The summed E-state index contributed by atoms with van der Waals surface area (Å²) in [6, 6.07) is 6.19. The Hall–Kier alpha value is -1.16. The standard InChI is InChI=1S/C16H26N2OS/c1-4-5-6-7-13(3)18-16(19)11-20-15-9-8-12(2)10-14(15)17/h8-10,13H,4-7,11,17H2,1-3H3,(H,18,19). The minimum Gasteiger partial charge on any atom is -0.398 e. The molecule has 20 heavy (non-hydrogen) atoms. The third-order valence-electron chi connectivity index (χ3n) is 3.17. The van der Waals surface area contributed by atoms with E-state index in [9.17, 15) is 4.79 Å². The van der Waals surface area contributed by atoms with E-state index in [2.05, 4.69) is 19.2 Å². The number of aryl methyl sites for hydroxylation is 1. The van der Waals surface area contributed by atoms with Gasteiger partial charge in [0.1, 0.15) is 0 Å². The van der Waals surface area contributed by atoms with E-state index < -0.39 is 0 Å². The average Bonchev–Trinajstić information content (AvgIpc) is 2.38. The molecule has 0 aliphatic carbocycles. The van der Waals surface area contributed by atoms with Crippen LogP contribution in [0.25, 0.3) is 0 Å². The van der Waals surface area contributed by atoms with Gasteiger partial charge in [0.2, 0.25) is 5.91 Å². The molecule has 1 aromatic carbocycles. The van der Waals surface area contributed by atoms with Gasteiger partial charge in [-0.05, 0) is 38.0 Å². The summed E-state index contributed by atoms with van der Waals surface area (Å²) in [6.45, 7) is 6.26. The van der Waals surface area contributed by atoms with Crippen molar-refractivity contribution in [2.45, 2.75) is 57.4 Å². The summed E-state index contributed by atoms with van der Waals surface area (Å²) in [5.41, 5.74) is 7.83. The molecule has 0 saturated heterocycles. The SMILES string of the molecule is CCCCCC(C)NC(=O)CSc1ccc(C)cc1N. The molecule has 1 unspecified atom stereocenters. The summed E-state index contributed by atoms with van der Waals surface area (Å²) in [6.07, 6.45) is 4.67. The molecule has 0 radical (unpaired) electrons. The zero-order valence-electron chi connectivity index (χ0n) is 12.7. The highest BCUT2D eigenvalue weighted by Gasteiger charge is 2.09. The monoisotopic (exact) mass is 294 g/mol. The fourth-order valence-electron chi connectivity index (χ4n) is 2.03. The summed E-state index contributed by atoms with van der Waals surface area (Å²) >= 11 is 1.50. The first-order chi connectivity index (χ1) is 9.52. The second-order valence-corrected chi connectivity index (χ2v) is 6.31. The summed E-state index contributed by atoms with van der Waals surface area (Å²) in [4.78, 5) is 12.8. The van der Waals surface area contributed by atoms with Gasteiger partial charge >= 0.3 is 0 Å². The number of unbranched alkanes of at least 4 members (excludes halogenated alkanes) is 2. The van der Waals surface area contributed by atoms with Gasteiger partial charge in [-0.1, -0.05) is 32.3 Å². The van der Waals surface area contributed by atoms with E-state index >= 15 is 0 Å². The van der Waals surface area contributed by atoms with Crippen LogP contribution in [0.4, 0.5) is 5.69 Å². The minimum absolute atomic E-state index is 0.0824. The molecule has 112 valence electrons. The van der Waals surface area contributed by atoms with E-state index in [4.69, 9.17) is 5.73 Å². The maximum Gasteiger partial charge on any atom is 0.230 e. The van der Waals surface area contributed by atoms with Gasteiger partial charge in [0.25, 0.3) is 0 Å². The molecule has 1 aromatic rings. The van der Waals surface area contributed by atoms with Crippen LogP contribution in [0.5, 0.6) is 0 Å². The number of thioether (sulfide) groups is 1. The maximum atomic E-state index is 11.9. The summed E-state index contributed by atoms with van der Waals surface area (Å²) in [5.74, 6) is 0.504. The lowest BCUT2D eigenvalue weighted by molar-refractivity contribution is -0.119. The molecule has 0 fully saturated rings. The molecule has 0 aromatic heterocycles. The lowest BCUT2D eigenvalue weighted by Crippen LogP contribution is -2.33. The number of nitrogens with two attached hydrogens (primary N) is 1. The van der Waals surface area contributed by atoms with Crippen molar-refractivity contribution in [3.63, 3.8) is 0 Å². The number of benzene rings is 1. The third-order valence-corrected chi connectivity index (χ3v) is 4.26. The number of amides is 1. The van der Waals surface area contributed by atoms with Gasteiger partial charge in [-0.2, -0.15) is 0 Å². The highest BCUT2D eigenvalue weighted by Crippen LogP contribution is 2.25. The average molecular weight is 294 g/mol. The smallest absolute Gasteiger partial charge is 0.230 e. The van der Waals surface area contributed by atoms with Gasteiger partial charge in [-0.3, -0.25) is 4.79 Å². The van der Waals surface area contributed by atoms with Crippen LogP contribution in [0.3, 0.4) is 0 Å². The summed E-state index contributed by atoms with van der Waals surface area (Å²) < 4.78 is 0. The molecule has 1 amide bonds. The number of rotatable bonds is 8. The predicted molar refractivity (Wildman–Crippen MR) is 88.1 cm³/mol. The molecular weight excluding hydrogens is 268 g/mol. The Labute approximate surface area is 126 Å². The lowest BCUT2D eigenvalue weighted by Gasteiger charge is -2.13. The van der Waals surface area contributed by atoms with E-state index in [1.807, 2.05) is 25.1 Å². The van der Waals surface area contributed by atoms with Gasteiger partial charge in [-0.25, -0.2) is 0 Å². The zero-order valence-corrected chi connectivity index (χ0v) is 13.6. The van der Waals surface area contributed by atoms with Gasteiger partial charge in [0.15, 0.2) is 0 Å². The number of hydrogen-bond donors (Lipinski definition) is 2. The fourth-order valence-corrected chi connectivity index (χ4v) is 2.79. The van der Waals surface area contributed by atoms with Crippen LogP contribution in [-0.2, 0) is 4.79 Å². The zero-order chi connectivity index (χ0) is 15.0. The highest BCUT2D eigenvalue weighted by molar-refractivity contribution is 8.00. The van der Waals surface area contributed by atoms with E-state index in [-0.39, 0.29) is 11.9 Å². The van der Waals surface area contributed by atoms with Crippen molar-refractivity contribution in [2.24, 2.45) is 0 Å². The van der Waals surface area contributed by atoms with Gasteiger partial charge < -0.3 is 11.1 Å². The van der Waals surface area contributed by atoms with Crippen LogP contribution in [0.2, 0.25) is 0 Å². The van der Waals surface area contributed by atoms with Crippen LogP contribution >= 0.6 is 11.8 Å². The quantitative estimate of drug-likeness (QED) is 0.436. The Balaban J connectivity index is 2.32. The molecule has 0 saturated carbocycles. The van der Waals surface area contributed by atoms with E-state index in [1.165, 1.54) is 31.0 Å². The molecule has 0 aliphatic heterocycles. The lowest BCUT2D eigenvalue weighted by atomic mass is 10.1. The number of carbonyl (C=O) groups is 1. The second kappa shape index (κ2) is 8.90. The van der Waals surface area contributed by atoms with Crippen LogP contribution in [0.15, 0.2) is 23.1 Å². The molecule has 0 bridgehead atoms. The van der Waals surface area contributed by atoms with E-state index in [1.54, 1.807) is 0 Å². The molecule has 0 spiro atoms. The van der Waals surface area contributed by atoms with Crippen LogP contribution < -0.4 is 11.1 Å². The van der Waals surface area contributed by atoms with Crippen molar-refractivity contribution in [1.82, 2.24) is 5.32 Å². The topological polar surface area (TPSA) is 55.1 Å². The van der Waals surface area contributed by atoms with Crippen molar-refractivity contribution in [3.05, 3.63) is 23.8 Å². The van der Waals surface area contributed by atoms with Gasteiger partial charge in [0, 0.05) is 16.6 Å². The van der Waals surface area contributed by atoms with Gasteiger partial charge in [0.05, 0.1) is 5.75 Å². The summed E-state index contributed by atoms with van der Waals surface area (Å²) in [7, 11) is 0. The third kappa shape index (κ3) is 6.33. The Morgan fingerprint density at radius 3 is 2.80 bits per heavy atom. The number of nitrogen functional groups attached to an aromatic ring is 1. The maximum absolute atomic E-state index is 11.9. The van der Waals surface area contributed by atoms with Crippen molar-refractivity contribution in [3.8, 4) is 0 Å². The molecule has 0 aliphatic rings. The van der Waals surface area contributed by atoms with Crippen LogP contribution in [0, 0.1) is 6.92 Å². The van der Waals surface area contributed by atoms with Crippen molar-refractivity contribution in [2.75, 3.05) is 11.5 Å². The first-order valence-corrected chi connectivity index (χ1v) is 8.29. The normalized spacial score (nSPS) is 12.2.